The summed E-state index contributed by atoms with van der Waals surface area (Å²) in [5.41, 5.74) is 1.10. The number of carbonyl (C=O) groups is 1. The van der Waals surface area contributed by atoms with Crippen molar-refractivity contribution >= 4 is 27.2 Å². The summed E-state index contributed by atoms with van der Waals surface area (Å²) >= 11 is 0. The summed E-state index contributed by atoms with van der Waals surface area (Å²) in [4.78, 5) is 22.7. The maximum absolute atomic E-state index is 12.7. The van der Waals surface area contributed by atoms with Crippen LogP contribution < -0.4 is 5.32 Å². The molecule has 25 heavy (non-hydrogen) atoms. The smallest absolute Gasteiger partial charge is 0.272 e. The van der Waals surface area contributed by atoms with E-state index in [1.54, 1.807) is 20.0 Å². The fraction of sp³-hybridized carbons (Fsp3) is 0.353. The van der Waals surface area contributed by atoms with E-state index in [4.69, 9.17) is 0 Å². The van der Waals surface area contributed by atoms with Crippen LogP contribution in [0, 0.1) is 6.92 Å². The first-order chi connectivity index (χ1) is 11.8. The Morgan fingerprint density at radius 3 is 2.60 bits per heavy atom. The highest BCUT2D eigenvalue weighted by Crippen LogP contribution is 2.20. The molecular weight excluding hydrogens is 340 g/mol. The van der Waals surface area contributed by atoms with Crippen LogP contribution in [0.25, 0.3) is 0 Å². The minimum Gasteiger partial charge on any atom is -0.340 e. The molecule has 1 saturated heterocycles. The SMILES string of the molecule is Cc1nc(Nc2ccccc2)cc(C(=O)N(C)C2CCS(=O)(=O)C2)n1. The Morgan fingerprint density at radius 1 is 1.24 bits per heavy atom. The molecular formula is C17H20N4O3S. The molecule has 1 aliphatic heterocycles. The minimum atomic E-state index is -3.05. The summed E-state index contributed by atoms with van der Waals surface area (Å²) in [7, 11) is -1.43. The molecule has 1 N–H and O–H groups in total. The Morgan fingerprint density at radius 2 is 1.96 bits per heavy atom. The molecule has 1 amide bonds. The average Bonchev–Trinajstić information content (AvgIpc) is 2.94. The Labute approximate surface area is 147 Å². The third kappa shape index (κ3) is 4.14. The Balaban J connectivity index is 1.81. The molecule has 132 valence electrons. The van der Waals surface area contributed by atoms with Gasteiger partial charge in [0.2, 0.25) is 0 Å². The van der Waals surface area contributed by atoms with Crippen LogP contribution in [0.1, 0.15) is 22.7 Å². The monoisotopic (exact) mass is 360 g/mol. The van der Waals surface area contributed by atoms with Crippen LogP contribution in [-0.4, -0.2) is 53.8 Å². The predicted octanol–water partition coefficient (Wildman–Crippen LogP) is 1.79. The highest BCUT2D eigenvalue weighted by molar-refractivity contribution is 7.91. The zero-order valence-electron chi connectivity index (χ0n) is 14.1. The lowest BCUT2D eigenvalue weighted by molar-refractivity contribution is 0.0741. The van der Waals surface area contributed by atoms with Crippen molar-refractivity contribution in [1.82, 2.24) is 14.9 Å². The van der Waals surface area contributed by atoms with Gasteiger partial charge in [-0.2, -0.15) is 0 Å². The van der Waals surface area contributed by atoms with Crippen LogP contribution >= 0.6 is 0 Å². The summed E-state index contributed by atoms with van der Waals surface area (Å²) in [6.07, 6.45) is 0.462. The number of amides is 1. The number of aryl methyl sites for hydroxylation is 1. The molecule has 3 rings (SSSR count). The second-order valence-corrected chi connectivity index (χ2v) is 8.38. The quantitative estimate of drug-likeness (QED) is 0.894. The van der Waals surface area contributed by atoms with Gasteiger partial charge in [0.25, 0.3) is 5.91 Å². The van der Waals surface area contributed by atoms with Crippen LogP contribution in [0.4, 0.5) is 11.5 Å². The summed E-state index contributed by atoms with van der Waals surface area (Å²) in [5.74, 6) is 0.822. The van der Waals surface area contributed by atoms with Gasteiger partial charge in [-0.3, -0.25) is 4.79 Å². The topological polar surface area (TPSA) is 92.3 Å². The van der Waals surface area contributed by atoms with Crippen molar-refractivity contribution < 1.29 is 13.2 Å². The van der Waals surface area contributed by atoms with E-state index in [1.165, 1.54) is 4.90 Å². The van der Waals surface area contributed by atoms with Crippen molar-refractivity contribution in [2.75, 3.05) is 23.9 Å². The number of hydrogen-bond donors (Lipinski definition) is 1. The Bertz CT molecular complexity index is 884. The number of carbonyl (C=O) groups excluding carboxylic acids is 1. The van der Waals surface area contributed by atoms with Gasteiger partial charge >= 0.3 is 0 Å². The Hall–Kier alpha value is -2.48. The number of aromatic nitrogens is 2. The number of sulfone groups is 1. The number of rotatable bonds is 4. The largest absolute Gasteiger partial charge is 0.340 e. The number of para-hydroxylation sites is 1. The van der Waals surface area contributed by atoms with Crippen molar-refractivity contribution in [3.8, 4) is 0 Å². The van der Waals surface area contributed by atoms with Crippen molar-refractivity contribution in [3.05, 3.63) is 47.9 Å². The van der Waals surface area contributed by atoms with E-state index in [-0.39, 0.29) is 29.1 Å². The summed E-state index contributed by atoms with van der Waals surface area (Å²) in [6.45, 7) is 1.72. The molecule has 2 aromatic rings. The van der Waals surface area contributed by atoms with Gasteiger partial charge in [0.15, 0.2) is 9.84 Å². The highest BCUT2D eigenvalue weighted by atomic mass is 32.2. The van der Waals surface area contributed by atoms with Crippen LogP contribution in [-0.2, 0) is 9.84 Å². The van der Waals surface area contributed by atoms with Crippen LogP contribution in [0.2, 0.25) is 0 Å². The molecule has 0 aliphatic carbocycles. The van der Waals surface area contributed by atoms with E-state index in [2.05, 4.69) is 15.3 Å². The van der Waals surface area contributed by atoms with Crippen molar-refractivity contribution in [2.45, 2.75) is 19.4 Å². The van der Waals surface area contributed by atoms with Crippen LogP contribution in [0.5, 0.6) is 0 Å². The molecule has 1 fully saturated rings. The minimum absolute atomic E-state index is 0.00836. The van der Waals surface area contributed by atoms with Gasteiger partial charge in [0.05, 0.1) is 11.5 Å². The van der Waals surface area contributed by atoms with Crippen LogP contribution in [0.3, 0.4) is 0 Å². The van der Waals surface area contributed by atoms with Gasteiger partial charge in [0, 0.05) is 24.8 Å². The molecule has 7 nitrogen and oxygen atoms in total. The maximum Gasteiger partial charge on any atom is 0.272 e. The molecule has 0 radical (unpaired) electrons. The first kappa shape index (κ1) is 17.3. The molecule has 0 saturated carbocycles. The van der Waals surface area contributed by atoms with E-state index < -0.39 is 9.84 Å². The molecule has 0 spiro atoms. The van der Waals surface area contributed by atoms with E-state index in [0.717, 1.165) is 5.69 Å². The lowest BCUT2D eigenvalue weighted by Gasteiger charge is -2.23. The molecule has 1 atom stereocenters. The maximum atomic E-state index is 12.7. The Kier molecular flexibility index (Phi) is 4.71. The normalized spacial score (nSPS) is 18.7. The van der Waals surface area contributed by atoms with E-state index in [0.29, 0.717) is 18.1 Å². The lowest BCUT2D eigenvalue weighted by Crippen LogP contribution is -2.38. The van der Waals surface area contributed by atoms with Gasteiger partial charge in [-0.15, -0.1) is 0 Å². The first-order valence-electron chi connectivity index (χ1n) is 7.99. The highest BCUT2D eigenvalue weighted by Gasteiger charge is 2.33. The van der Waals surface area contributed by atoms with E-state index in [1.807, 2.05) is 30.3 Å². The number of nitrogens with zero attached hydrogens (tertiary/aromatic N) is 3. The molecule has 8 heteroatoms. The van der Waals surface area contributed by atoms with Crippen molar-refractivity contribution in [3.63, 3.8) is 0 Å². The molecule has 1 aromatic carbocycles. The standard InChI is InChI=1S/C17H20N4O3S/c1-12-18-15(10-16(19-12)20-13-6-4-3-5-7-13)17(22)21(2)14-8-9-25(23,24)11-14/h3-7,10,14H,8-9,11H2,1-2H3,(H,18,19,20). The van der Waals surface area contributed by atoms with E-state index >= 15 is 0 Å². The third-order valence-electron chi connectivity index (χ3n) is 4.18. The molecule has 1 unspecified atom stereocenters. The van der Waals surface area contributed by atoms with Crippen molar-refractivity contribution in [2.24, 2.45) is 0 Å². The van der Waals surface area contributed by atoms with Gasteiger partial charge in [-0.1, -0.05) is 18.2 Å². The summed E-state index contributed by atoms with van der Waals surface area (Å²) < 4.78 is 23.3. The number of anilines is 2. The molecule has 2 heterocycles. The zero-order valence-corrected chi connectivity index (χ0v) is 15.0. The molecule has 1 aliphatic rings. The zero-order chi connectivity index (χ0) is 18.0. The van der Waals surface area contributed by atoms with Gasteiger partial charge < -0.3 is 10.2 Å². The number of benzene rings is 1. The van der Waals surface area contributed by atoms with Gasteiger partial charge in [-0.25, -0.2) is 18.4 Å². The fourth-order valence-corrected chi connectivity index (χ4v) is 4.61. The first-order valence-corrected chi connectivity index (χ1v) is 9.81. The van der Waals surface area contributed by atoms with Crippen molar-refractivity contribution in [1.29, 1.82) is 0 Å². The lowest BCUT2D eigenvalue weighted by atomic mass is 10.2. The summed E-state index contributed by atoms with van der Waals surface area (Å²) in [5, 5.41) is 3.14. The van der Waals surface area contributed by atoms with Crippen LogP contribution in [0.15, 0.2) is 36.4 Å². The molecule has 1 aromatic heterocycles. The van der Waals surface area contributed by atoms with E-state index in [9.17, 15) is 13.2 Å². The third-order valence-corrected chi connectivity index (χ3v) is 5.93. The van der Waals surface area contributed by atoms with Gasteiger partial charge in [-0.05, 0) is 25.5 Å². The molecule has 0 bridgehead atoms. The average molecular weight is 360 g/mol. The second-order valence-electron chi connectivity index (χ2n) is 6.15. The second kappa shape index (κ2) is 6.79. The number of hydrogen-bond acceptors (Lipinski definition) is 6. The number of nitrogens with one attached hydrogen (secondary N) is 1. The van der Waals surface area contributed by atoms with Gasteiger partial charge in [0.1, 0.15) is 17.3 Å². The fourth-order valence-electron chi connectivity index (χ4n) is 2.84. The summed E-state index contributed by atoms with van der Waals surface area (Å²) in [6, 6.07) is 10.8. The predicted molar refractivity (Wildman–Crippen MR) is 95.6 cm³/mol.